The topological polar surface area (TPSA) is 54.4 Å². The van der Waals surface area contributed by atoms with Crippen molar-refractivity contribution in [3.8, 4) is 0 Å². The summed E-state index contributed by atoms with van der Waals surface area (Å²) in [5, 5.41) is 3.24. The van der Waals surface area contributed by atoms with Gasteiger partial charge in [0, 0.05) is 0 Å². The molecule has 3 aromatic rings. The number of nitrogens with one attached hydrogen (secondary N) is 1. The summed E-state index contributed by atoms with van der Waals surface area (Å²) in [7, 11) is 0. The lowest BCUT2D eigenvalue weighted by Crippen LogP contribution is -2.20. The van der Waals surface area contributed by atoms with E-state index >= 15 is 0 Å². The van der Waals surface area contributed by atoms with Crippen LogP contribution in [0.1, 0.15) is 5.56 Å². The Hall–Kier alpha value is -2.53. The van der Waals surface area contributed by atoms with E-state index in [1.54, 1.807) is 0 Å². The van der Waals surface area contributed by atoms with E-state index in [2.05, 4.69) is 10.1 Å². The molecule has 1 N–H and O–H groups in total. The molecule has 27 heavy (non-hydrogen) atoms. The normalized spacial score (nSPS) is 11.4. The number of benzene rings is 2. The number of thioether (sulfide) groups is 1. The average molecular weight is 417 g/mol. The van der Waals surface area contributed by atoms with Crippen LogP contribution in [0, 0.1) is 29.1 Å². The Morgan fingerprint density at radius 1 is 1.07 bits per heavy atom. The monoisotopic (exact) mass is 417 g/mol. The van der Waals surface area contributed by atoms with E-state index in [0.717, 1.165) is 22.0 Å². The van der Waals surface area contributed by atoms with Crippen LogP contribution in [0.15, 0.2) is 33.7 Å². The second-order valence-corrected chi connectivity index (χ2v) is 7.27. The Morgan fingerprint density at radius 3 is 2.37 bits per heavy atom. The molecule has 0 spiro atoms. The minimum absolute atomic E-state index is 0.103. The molecule has 1 amide bonds. The van der Waals surface area contributed by atoms with Gasteiger partial charge in [-0.05, 0) is 12.1 Å². The average Bonchev–Trinajstić information content (AvgIpc) is 3.09. The second-order valence-electron chi connectivity index (χ2n) is 5.01. The zero-order chi connectivity index (χ0) is 19.6. The highest BCUT2D eigenvalue weighted by molar-refractivity contribution is 8.01. The highest BCUT2D eigenvalue weighted by atomic mass is 32.2. The molecule has 0 aliphatic rings. The number of fused-ring (bicyclic) bond motifs is 1. The van der Waals surface area contributed by atoms with Crippen molar-refractivity contribution in [3.05, 3.63) is 58.9 Å². The van der Waals surface area contributed by atoms with Crippen LogP contribution in [0.2, 0.25) is 0 Å². The second kappa shape index (κ2) is 8.01. The molecule has 0 unspecified atom stereocenters. The van der Waals surface area contributed by atoms with E-state index in [1.807, 2.05) is 29.7 Å². The third-order valence-electron chi connectivity index (χ3n) is 3.23. The van der Waals surface area contributed by atoms with Gasteiger partial charge in [-0.2, -0.15) is 5.10 Å². The molecule has 2 aromatic carbocycles. The number of thiazole rings is 1. The number of rotatable bonds is 5. The maximum absolute atomic E-state index is 13.5. The Balaban J connectivity index is 1.62. The first-order chi connectivity index (χ1) is 12.9. The van der Waals surface area contributed by atoms with Gasteiger partial charge < -0.3 is 0 Å². The number of hydrazone groups is 1. The number of aromatic nitrogens is 1. The number of para-hydroxylation sites is 1. The number of halogens is 5. The van der Waals surface area contributed by atoms with Crippen molar-refractivity contribution in [2.45, 2.75) is 4.34 Å². The van der Waals surface area contributed by atoms with Gasteiger partial charge >= 0.3 is 0 Å². The first-order valence-corrected chi connectivity index (χ1v) is 9.00. The lowest BCUT2D eigenvalue weighted by molar-refractivity contribution is -0.118. The van der Waals surface area contributed by atoms with E-state index in [-0.39, 0.29) is 5.75 Å². The summed E-state index contributed by atoms with van der Waals surface area (Å²) in [5.41, 5.74) is 1.50. The van der Waals surface area contributed by atoms with Crippen LogP contribution in [-0.2, 0) is 4.79 Å². The van der Waals surface area contributed by atoms with Gasteiger partial charge in [0.1, 0.15) is 0 Å². The van der Waals surface area contributed by atoms with Crippen LogP contribution < -0.4 is 5.43 Å². The van der Waals surface area contributed by atoms with Crippen LogP contribution in [0.25, 0.3) is 10.2 Å². The summed E-state index contributed by atoms with van der Waals surface area (Å²) in [6, 6.07) is 7.39. The molecule has 0 radical (unpaired) electrons. The van der Waals surface area contributed by atoms with E-state index < -0.39 is 40.6 Å². The zero-order valence-electron chi connectivity index (χ0n) is 13.1. The van der Waals surface area contributed by atoms with E-state index in [0.29, 0.717) is 10.6 Å². The number of hydrogen-bond donors (Lipinski definition) is 1. The SMILES string of the molecule is O=C(CSc1nc2ccccc2s1)NN=Cc1c(F)c(F)c(F)c(F)c1F. The van der Waals surface area contributed by atoms with E-state index in [4.69, 9.17) is 0 Å². The van der Waals surface area contributed by atoms with Crippen molar-refractivity contribution in [1.29, 1.82) is 0 Å². The minimum Gasteiger partial charge on any atom is -0.272 e. The van der Waals surface area contributed by atoms with Crippen molar-refractivity contribution < 1.29 is 26.7 Å². The highest BCUT2D eigenvalue weighted by Gasteiger charge is 2.24. The molecule has 0 fully saturated rings. The number of nitrogens with zero attached hydrogens (tertiary/aromatic N) is 2. The van der Waals surface area contributed by atoms with Crippen LogP contribution in [0.3, 0.4) is 0 Å². The van der Waals surface area contributed by atoms with Crippen LogP contribution in [0.4, 0.5) is 22.0 Å². The molecule has 3 rings (SSSR count). The lowest BCUT2D eigenvalue weighted by atomic mass is 10.2. The Kier molecular flexibility index (Phi) is 5.71. The van der Waals surface area contributed by atoms with Crippen molar-refractivity contribution in [2.24, 2.45) is 5.10 Å². The molecular formula is C16H8F5N3OS2. The van der Waals surface area contributed by atoms with Gasteiger partial charge in [0.2, 0.25) is 5.82 Å². The molecule has 0 saturated heterocycles. The van der Waals surface area contributed by atoms with Gasteiger partial charge in [0.15, 0.2) is 27.6 Å². The summed E-state index contributed by atoms with van der Waals surface area (Å²) in [6.07, 6.45) is 0.358. The van der Waals surface area contributed by atoms with Crippen LogP contribution >= 0.6 is 23.1 Å². The number of hydrogen-bond acceptors (Lipinski definition) is 5. The van der Waals surface area contributed by atoms with Gasteiger partial charge in [-0.15, -0.1) is 11.3 Å². The number of carbonyl (C=O) groups is 1. The molecule has 1 heterocycles. The van der Waals surface area contributed by atoms with Crippen molar-refractivity contribution in [3.63, 3.8) is 0 Å². The van der Waals surface area contributed by atoms with Gasteiger partial charge in [-0.1, -0.05) is 23.9 Å². The third-order valence-corrected chi connectivity index (χ3v) is 5.41. The van der Waals surface area contributed by atoms with Gasteiger partial charge in [0.05, 0.1) is 27.7 Å². The molecule has 0 bridgehead atoms. The Bertz CT molecular complexity index is 992. The minimum atomic E-state index is -2.27. The molecule has 1 aromatic heterocycles. The smallest absolute Gasteiger partial charge is 0.250 e. The van der Waals surface area contributed by atoms with Gasteiger partial charge in [-0.25, -0.2) is 32.4 Å². The summed E-state index contributed by atoms with van der Waals surface area (Å²) in [6.45, 7) is 0. The number of carbonyl (C=O) groups excluding carboxylic acids is 1. The van der Waals surface area contributed by atoms with E-state index in [1.165, 1.54) is 11.3 Å². The van der Waals surface area contributed by atoms with Crippen molar-refractivity contribution in [2.75, 3.05) is 5.75 Å². The first kappa shape index (κ1) is 19.2. The Morgan fingerprint density at radius 2 is 1.70 bits per heavy atom. The highest BCUT2D eigenvalue weighted by Crippen LogP contribution is 2.29. The lowest BCUT2D eigenvalue weighted by Gasteiger charge is -2.04. The van der Waals surface area contributed by atoms with Gasteiger partial charge in [0.25, 0.3) is 5.91 Å². The fourth-order valence-electron chi connectivity index (χ4n) is 1.98. The van der Waals surface area contributed by atoms with Crippen molar-refractivity contribution in [1.82, 2.24) is 10.4 Å². The summed E-state index contributed by atoms with van der Waals surface area (Å²) >= 11 is 2.50. The molecule has 140 valence electrons. The molecule has 0 atom stereocenters. The summed E-state index contributed by atoms with van der Waals surface area (Å²) in [5.74, 6) is -11.3. The van der Waals surface area contributed by atoms with Crippen LogP contribution in [0.5, 0.6) is 0 Å². The third kappa shape index (κ3) is 4.08. The number of amides is 1. The largest absolute Gasteiger partial charge is 0.272 e. The maximum Gasteiger partial charge on any atom is 0.250 e. The van der Waals surface area contributed by atoms with Crippen molar-refractivity contribution >= 4 is 45.4 Å². The zero-order valence-corrected chi connectivity index (χ0v) is 14.7. The molecule has 4 nitrogen and oxygen atoms in total. The fraction of sp³-hybridized carbons (Fsp3) is 0.0625. The predicted octanol–water partition coefficient (Wildman–Crippen LogP) is 4.23. The fourth-order valence-corrected chi connectivity index (χ4v) is 3.84. The standard InChI is InChI=1S/C16H8F5N3OS2/c17-11-7(12(18)14(20)15(21)13(11)19)5-22-24-10(25)6-26-16-23-8-3-1-2-4-9(8)27-16/h1-5H,6H2,(H,24,25). The Labute approximate surface area is 157 Å². The van der Waals surface area contributed by atoms with Crippen LogP contribution in [-0.4, -0.2) is 22.9 Å². The quantitative estimate of drug-likeness (QED) is 0.169. The summed E-state index contributed by atoms with van der Waals surface area (Å²) in [4.78, 5) is 16.0. The molecule has 0 saturated carbocycles. The molecular weight excluding hydrogens is 409 g/mol. The summed E-state index contributed by atoms with van der Waals surface area (Å²) < 4.78 is 67.6. The predicted molar refractivity (Wildman–Crippen MR) is 92.3 cm³/mol. The molecule has 0 aliphatic heterocycles. The molecule has 0 aliphatic carbocycles. The van der Waals surface area contributed by atoms with Gasteiger partial charge in [-0.3, -0.25) is 4.79 Å². The van der Waals surface area contributed by atoms with E-state index in [9.17, 15) is 26.7 Å². The first-order valence-electron chi connectivity index (χ1n) is 7.20. The molecule has 11 heteroatoms. The maximum atomic E-state index is 13.5.